The molecule has 1 fully saturated rings. The molecule has 0 bridgehead atoms. The second-order valence-corrected chi connectivity index (χ2v) is 12.9. The number of aliphatic hydroxyl groups is 2. The van der Waals surface area contributed by atoms with E-state index in [0.29, 0.717) is 51.1 Å². The van der Waals surface area contributed by atoms with Gasteiger partial charge in [-0.25, -0.2) is 4.79 Å². The lowest BCUT2D eigenvalue weighted by Crippen LogP contribution is -2.42. The summed E-state index contributed by atoms with van der Waals surface area (Å²) < 4.78 is 15.9. The normalized spacial score (nSPS) is 17.6. The summed E-state index contributed by atoms with van der Waals surface area (Å²) in [5.74, 6) is -0.657. The molecule has 1 aromatic rings. The monoisotopic (exact) mass is 725 g/mol. The maximum absolute atomic E-state index is 12.4. The average Bonchev–Trinajstić information content (AvgIpc) is 3.07. The van der Waals surface area contributed by atoms with Crippen molar-refractivity contribution in [1.82, 2.24) is 15.5 Å². The van der Waals surface area contributed by atoms with Crippen molar-refractivity contribution in [3.05, 3.63) is 29.3 Å². The van der Waals surface area contributed by atoms with E-state index in [1.165, 1.54) is 6.92 Å². The Bertz CT molecular complexity index is 1230. The van der Waals surface area contributed by atoms with Gasteiger partial charge in [-0.15, -0.1) is 0 Å². The third kappa shape index (κ3) is 19.8. The number of aldehydes is 1. The van der Waals surface area contributed by atoms with Gasteiger partial charge >= 0.3 is 11.9 Å². The number of nitrogens with one attached hydrogen (secondary N) is 2. The molecule has 15 heteroatoms. The van der Waals surface area contributed by atoms with Crippen molar-refractivity contribution in [3.8, 4) is 5.75 Å². The molecule has 5 N–H and O–H groups in total. The van der Waals surface area contributed by atoms with Crippen molar-refractivity contribution >= 4 is 36.4 Å². The molecule has 1 aliphatic heterocycles. The SMILES string of the molecule is CC(=O)OCc1ccc(OC2CC(O)CC(C(=O)O)O2)c(C)c1.CC(C)C(C)(CC=O)CC(=O)N(C)CCCCCC(=O)NCCNC=O.CO. The van der Waals surface area contributed by atoms with Gasteiger partial charge in [0.1, 0.15) is 18.6 Å². The van der Waals surface area contributed by atoms with Gasteiger partial charge in [0.05, 0.1) is 6.10 Å². The molecule has 3 amide bonds. The smallest absolute Gasteiger partial charge is 0.333 e. The molecule has 0 spiro atoms. The molecule has 51 heavy (non-hydrogen) atoms. The van der Waals surface area contributed by atoms with E-state index in [-0.39, 0.29) is 48.6 Å². The molecule has 0 saturated carbocycles. The van der Waals surface area contributed by atoms with Crippen LogP contribution in [0.25, 0.3) is 0 Å². The quantitative estimate of drug-likeness (QED) is 0.0744. The number of aryl methyl sites for hydroxylation is 1. The minimum atomic E-state index is -1.12. The molecular weight excluding hydrogens is 666 g/mol. The highest BCUT2D eigenvalue weighted by Crippen LogP contribution is 2.34. The number of hydrogen-bond donors (Lipinski definition) is 5. The van der Waals surface area contributed by atoms with Gasteiger partial charge in [0.25, 0.3) is 0 Å². The van der Waals surface area contributed by atoms with Crippen molar-refractivity contribution in [2.75, 3.05) is 33.8 Å². The zero-order chi connectivity index (χ0) is 39.0. The molecule has 290 valence electrons. The van der Waals surface area contributed by atoms with Gasteiger partial charge in [-0.1, -0.05) is 33.3 Å². The Balaban J connectivity index is 0.000000939. The molecule has 4 unspecified atom stereocenters. The summed E-state index contributed by atoms with van der Waals surface area (Å²) in [6.07, 6.45) is 2.77. The van der Waals surface area contributed by atoms with Gasteiger partial charge in [-0.3, -0.25) is 19.2 Å². The summed E-state index contributed by atoms with van der Waals surface area (Å²) in [7, 11) is 2.79. The minimum Gasteiger partial charge on any atom is -0.479 e. The number of aliphatic carboxylic acids is 1. The Kier molecular flexibility index (Phi) is 23.7. The predicted molar refractivity (Wildman–Crippen MR) is 188 cm³/mol. The Morgan fingerprint density at radius 3 is 2.35 bits per heavy atom. The third-order valence-electron chi connectivity index (χ3n) is 8.48. The lowest BCUT2D eigenvalue weighted by molar-refractivity contribution is -0.195. The molecule has 1 aromatic carbocycles. The van der Waals surface area contributed by atoms with Crippen molar-refractivity contribution in [3.63, 3.8) is 0 Å². The first-order valence-corrected chi connectivity index (χ1v) is 17.1. The highest BCUT2D eigenvalue weighted by molar-refractivity contribution is 5.77. The first-order valence-electron chi connectivity index (χ1n) is 17.1. The topological polar surface area (TPSA) is 218 Å². The number of nitrogens with zero attached hydrogens (tertiary/aromatic N) is 1. The predicted octanol–water partition coefficient (Wildman–Crippen LogP) is 2.50. The van der Waals surface area contributed by atoms with E-state index in [2.05, 4.69) is 10.6 Å². The fraction of sp³-hybridized carbons (Fsp3) is 0.667. The largest absolute Gasteiger partial charge is 0.479 e. The van der Waals surface area contributed by atoms with E-state index < -0.39 is 24.5 Å². The van der Waals surface area contributed by atoms with Crippen LogP contribution in [-0.2, 0) is 44.8 Å². The Labute approximate surface area is 301 Å². The number of unbranched alkanes of at least 4 members (excludes halogenated alkanes) is 2. The van der Waals surface area contributed by atoms with E-state index >= 15 is 0 Å². The summed E-state index contributed by atoms with van der Waals surface area (Å²) in [4.78, 5) is 68.5. The Morgan fingerprint density at radius 1 is 1.10 bits per heavy atom. The number of aliphatic hydroxyl groups excluding tert-OH is 2. The standard InChI is InChI=1S/C19H35N3O4.C16H20O7.CH4O/c1-16(2)19(3,9-13-23)14-18(26)22(4)12-7-5-6-8-17(25)21-11-10-20-15-24;1-9-5-11(8-21-10(2)17)3-4-13(9)22-15-7-12(18)6-14(23-15)16(19)20;1-2/h13,15-16H,5-12,14H2,1-4H3,(H,20,24)(H,21,25);3-5,12,14-15,18H,6-8H2,1-2H3,(H,19,20);2H,1H3. The van der Waals surface area contributed by atoms with Crippen LogP contribution in [0.5, 0.6) is 5.75 Å². The minimum absolute atomic E-state index is 0.0244. The lowest BCUT2D eigenvalue weighted by atomic mass is 9.74. The number of ether oxygens (including phenoxy) is 3. The number of carbonyl (C=O) groups is 6. The van der Waals surface area contributed by atoms with Crippen LogP contribution in [0.3, 0.4) is 0 Å². The number of amides is 3. The van der Waals surface area contributed by atoms with Gasteiger partial charge in [0.2, 0.25) is 24.5 Å². The van der Waals surface area contributed by atoms with Crippen LogP contribution in [0.2, 0.25) is 0 Å². The summed E-state index contributed by atoms with van der Waals surface area (Å²) in [5.41, 5.74) is 1.31. The van der Waals surface area contributed by atoms with Crippen LogP contribution in [0.4, 0.5) is 0 Å². The van der Waals surface area contributed by atoms with Gasteiger partial charge in [0.15, 0.2) is 6.10 Å². The number of carboxylic acid groups (broad SMARTS) is 1. The van der Waals surface area contributed by atoms with E-state index in [0.717, 1.165) is 43.8 Å². The van der Waals surface area contributed by atoms with Crippen LogP contribution in [0, 0.1) is 18.3 Å². The molecule has 2 rings (SSSR count). The average molecular weight is 726 g/mol. The molecule has 1 heterocycles. The van der Waals surface area contributed by atoms with E-state index in [9.17, 15) is 33.9 Å². The maximum Gasteiger partial charge on any atom is 0.333 e. The number of hydrogen-bond acceptors (Lipinski definition) is 11. The van der Waals surface area contributed by atoms with Crippen molar-refractivity contribution in [1.29, 1.82) is 0 Å². The van der Waals surface area contributed by atoms with Crippen LogP contribution in [0.1, 0.15) is 90.2 Å². The molecule has 1 aliphatic rings. The fourth-order valence-corrected chi connectivity index (χ4v) is 4.90. The van der Waals surface area contributed by atoms with Crippen molar-refractivity contribution in [2.24, 2.45) is 11.3 Å². The van der Waals surface area contributed by atoms with Gasteiger partial charge in [0, 0.05) is 72.8 Å². The van der Waals surface area contributed by atoms with Gasteiger partial charge in [-0.05, 0) is 54.4 Å². The fourth-order valence-electron chi connectivity index (χ4n) is 4.90. The van der Waals surface area contributed by atoms with E-state index in [1.54, 1.807) is 24.1 Å². The van der Waals surface area contributed by atoms with Crippen LogP contribution < -0.4 is 15.4 Å². The van der Waals surface area contributed by atoms with Crippen LogP contribution in [0.15, 0.2) is 18.2 Å². The van der Waals surface area contributed by atoms with E-state index in [1.807, 2.05) is 33.8 Å². The molecule has 1 saturated heterocycles. The first-order chi connectivity index (χ1) is 24.1. The molecule has 4 atom stereocenters. The van der Waals surface area contributed by atoms with Gasteiger partial charge < -0.3 is 49.9 Å². The number of carbonyl (C=O) groups excluding carboxylic acids is 5. The second kappa shape index (κ2) is 25.8. The van der Waals surface area contributed by atoms with Gasteiger partial charge in [-0.2, -0.15) is 0 Å². The number of carboxylic acids is 1. The Morgan fingerprint density at radius 2 is 1.78 bits per heavy atom. The summed E-state index contributed by atoms with van der Waals surface area (Å²) in [5, 5.41) is 31.0. The third-order valence-corrected chi connectivity index (χ3v) is 8.48. The second-order valence-electron chi connectivity index (χ2n) is 12.9. The summed E-state index contributed by atoms with van der Waals surface area (Å²) >= 11 is 0. The van der Waals surface area contributed by atoms with Crippen molar-refractivity contribution < 1.29 is 58.3 Å². The van der Waals surface area contributed by atoms with E-state index in [4.69, 9.17) is 24.4 Å². The van der Waals surface area contributed by atoms with Crippen molar-refractivity contribution in [2.45, 2.75) is 111 Å². The molecular formula is C36H59N3O12. The highest BCUT2D eigenvalue weighted by Gasteiger charge is 2.34. The Hall–Kier alpha value is -4.08. The first kappa shape index (κ1) is 46.9. The molecule has 0 radical (unpaired) electrons. The number of esters is 1. The molecule has 0 aromatic heterocycles. The van der Waals surface area contributed by atoms with Crippen LogP contribution in [-0.4, -0.2) is 109 Å². The zero-order valence-electron chi connectivity index (χ0n) is 31.1. The number of rotatable bonds is 20. The molecule has 0 aliphatic carbocycles. The highest BCUT2D eigenvalue weighted by atomic mass is 16.7. The number of benzene rings is 1. The molecule has 15 nitrogen and oxygen atoms in total. The maximum atomic E-state index is 12.4. The van der Waals surface area contributed by atoms with Crippen LogP contribution >= 0.6 is 0 Å². The summed E-state index contributed by atoms with van der Waals surface area (Å²) in [6, 6.07) is 5.26. The lowest BCUT2D eigenvalue weighted by Gasteiger charge is -2.33. The summed E-state index contributed by atoms with van der Waals surface area (Å²) in [6.45, 7) is 10.9. The zero-order valence-corrected chi connectivity index (χ0v) is 31.1.